The van der Waals surface area contributed by atoms with Crippen molar-refractivity contribution in [2.45, 2.75) is 51.4 Å². The molecule has 0 aromatic heterocycles. The molecule has 2 bridgehead atoms. The van der Waals surface area contributed by atoms with Gasteiger partial charge in [0.05, 0.1) is 12.2 Å². The van der Waals surface area contributed by atoms with E-state index < -0.39 is 0 Å². The number of aliphatic imine (C=N–C) groups is 1. The largest absolute Gasteiger partial charge is 0.374 e. The molecule has 6 atom stereocenters. The molecule has 1 aliphatic carbocycles. The van der Waals surface area contributed by atoms with Crippen molar-refractivity contribution < 1.29 is 4.74 Å². The van der Waals surface area contributed by atoms with E-state index in [1.165, 1.54) is 19.3 Å². The molecule has 4 aliphatic rings. The first-order valence-electron chi connectivity index (χ1n) is 7.97. The van der Waals surface area contributed by atoms with E-state index in [1.807, 2.05) is 0 Å². The van der Waals surface area contributed by atoms with Gasteiger partial charge in [0.1, 0.15) is 0 Å². The van der Waals surface area contributed by atoms with E-state index >= 15 is 0 Å². The Bertz CT molecular complexity index is 379. The number of fused-ring (bicyclic) bond motifs is 5. The van der Waals surface area contributed by atoms with E-state index in [9.17, 15) is 0 Å². The zero-order chi connectivity index (χ0) is 13.0. The Balaban J connectivity index is 1.45. The van der Waals surface area contributed by atoms with Gasteiger partial charge >= 0.3 is 0 Å². The normalized spacial score (nSPS) is 47.7. The van der Waals surface area contributed by atoms with Gasteiger partial charge in [-0.2, -0.15) is 0 Å². The third-order valence-corrected chi connectivity index (χ3v) is 5.48. The molecule has 6 unspecified atom stereocenters. The topological polar surface area (TPSA) is 36.9 Å². The van der Waals surface area contributed by atoms with E-state index in [0.717, 1.165) is 43.3 Å². The van der Waals surface area contributed by atoms with Crippen LogP contribution in [0.2, 0.25) is 0 Å². The molecule has 1 N–H and O–H groups in total. The molecule has 0 aromatic carbocycles. The zero-order valence-corrected chi connectivity index (χ0v) is 12.0. The quantitative estimate of drug-likeness (QED) is 0.605. The van der Waals surface area contributed by atoms with Gasteiger partial charge in [-0.25, -0.2) is 0 Å². The molecule has 0 aromatic rings. The van der Waals surface area contributed by atoms with Crippen LogP contribution in [0.4, 0.5) is 0 Å². The van der Waals surface area contributed by atoms with Crippen LogP contribution in [-0.2, 0) is 4.74 Å². The van der Waals surface area contributed by atoms with Crippen molar-refractivity contribution in [2.75, 3.05) is 19.6 Å². The Morgan fingerprint density at radius 2 is 1.89 bits per heavy atom. The Labute approximate surface area is 115 Å². The minimum absolute atomic E-state index is 0.544. The Morgan fingerprint density at radius 1 is 1.26 bits per heavy atom. The van der Waals surface area contributed by atoms with Crippen molar-refractivity contribution >= 4 is 5.96 Å². The number of nitrogens with zero attached hydrogens (tertiary/aromatic N) is 2. The van der Waals surface area contributed by atoms with E-state index in [1.54, 1.807) is 0 Å². The highest BCUT2D eigenvalue weighted by molar-refractivity contribution is 5.81. The molecule has 0 radical (unpaired) electrons. The number of hydrogen-bond acceptors (Lipinski definition) is 2. The first-order chi connectivity index (χ1) is 9.26. The van der Waals surface area contributed by atoms with E-state index in [0.29, 0.717) is 18.2 Å². The molecule has 3 aliphatic heterocycles. The van der Waals surface area contributed by atoms with Crippen LogP contribution in [-0.4, -0.2) is 48.7 Å². The summed E-state index contributed by atoms with van der Waals surface area (Å²) in [5.74, 6) is 3.51. The Kier molecular flexibility index (Phi) is 2.76. The predicted molar refractivity (Wildman–Crippen MR) is 75.1 cm³/mol. The SMILES string of the molecule is CCN=C(NC1CC1C)N1CC2C3CCC(O3)C2C1. The highest BCUT2D eigenvalue weighted by atomic mass is 16.5. The summed E-state index contributed by atoms with van der Waals surface area (Å²) in [6.45, 7) is 7.62. The number of rotatable bonds is 2. The molecule has 0 amide bonds. The van der Waals surface area contributed by atoms with Crippen LogP contribution in [0.1, 0.15) is 33.1 Å². The number of hydrogen-bond donors (Lipinski definition) is 1. The molecule has 3 saturated heterocycles. The zero-order valence-electron chi connectivity index (χ0n) is 12.0. The fourth-order valence-corrected chi connectivity index (χ4v) is 4.21. The van der Waals surface area contributed by atoms with Crippen LogP contribution in [0, 0.1) is 17.8 Å². The minimum Gasteiger partial charge on any atom is -0.374 e. The highest BCUT2D eigenvalue weighted by Gasteiger charge is 2.53. The highest BCUT2D eigenvalue weighted by Crippen LogP contribution is 2.47. The van der Waals surface area contributed by atoms with Gasteiger partial charge in [-0.05, 0) is 32.1 Å². The second kappa shape index (κ2) is 4.37. The summed E-state index contributed by atoms with van der Waals surface area (Å²) in [7, 11) is 0. The molecule has 3 heterocycles. The number of nitrogens with one attached hydrogen (secondary N) is 1. The van der Waals surface area contributed by atoms with Crippen LogP contribution < -0.4 is 5.32 Å². The van der Waals surface area contributed by atoms with Crippen LogP contribution in [0.25, 0.3) is 0 Å². The maximum absolute atomic E-state index is 6.05. The molecule has 106 valence electrons. The summed E-state index contributed by atoms with van der Waals surface area (Å²) in [5.41, 5.74) is 0. The van der Waals surface area contributed by atoms with E-state index in [4.69, 9.17) is 9.73 Å². The van der Waals surface area contributed by atoms with Crippen molar-refractivity contribution in [1.82, 2.24) is 10.2 Å². The standard InChI is InChI=1S/C15H25N3O/c1-3-16-15(17-12-6-9(12)2)18-7-10-11(8-18)14-5-4-13(10)19-14/h9-14H,3-8H2,1-2H3,(H,16,17). The smallest absolute Gasteiger partial charge is 0.194 e. The Morgan fingerprint density at radius 3 is 2.42 bits per heavy atom. The van der Waals surface area contributed by atoms with Crippen molar-refractivity contribution in [3.8, 4) is 0 Å². The second-order valence-corrected chi connectivity index (χ2v) is 6.78. The van der Waals surface area contributed by atoms with Gasteiger partial charge in [-0.3, -0.25) is 4.99 Å². The third kappa shape index (κ3) is 1.95. The first kappa shape index (κ1) is 12.0. The lowest BCUT2D eigenvalue weighted by molar-refractivity contribution is 0.0767. The average molecular weight is 263 g/mol. The molecule has 4 fully saturated rings. The van der Waals surface area contributed by atoms with Crippen LogP contribution in [0.5, 0.6) is 0 Å². The lowest BCUT2D eigenvalue weighted by atomic mass is 9.82. The number of guanidine groups is 1. The first-order valence-corrected chi connectivity index (χ1v) is 7.97. The van der Waals surface area contributed by atoms with Crippen molar-refractivity contribution in [3.63, 3.8) is 0 Å². The van der Waals surface area contributed by atoms with Crippen LogP contribution >= 0.6 is 0 Å². The molecule has 4 rings (SSSR count). The van der Waals surface area contributed by atoms with E-state index in [2.05, 4.69) is 24.1 Å². The predicted octanol–water partition coefficient (Wildman–Crippen LogP) is 1.47. The van der Waals surface area contributed by atoms with Crippen molar-refractivity contribution in [1.29, 1.82) is 0 Å². The average Bonchev–Trinajstić information content (AvgIpc) is 2.85. The lowest BCUT2D eigenvalue weighted by Gasteiger charge is -2.23. The summed E-state index contributed by atoms with van der Waals surface area (Å²) >= 11 is 0. The van der Waals surface area contributed by atoms with Gasteiger partial charge in [-0.1, -0.05) is 6.92 Å². The van der Waals surface area contributed by atoms with Gasteiger partial charge in [0.25, 0.3) is 0 Å². The van der Waals surface area contributed by atoms with Gasteiger partial charge in [-0.15, -0.1) is 0 Å². The molecule has 1 saturated carbocycles. The summed E-state index contributed by atoms with van der Waals surface area (Å²) in [4.78, 5) is 7.21. The Hall–Kier alpha value is -0.770. The monoisotopic (exact) mass is 263 g/mol. The van der Waals surface area contributed by atoms with Gasteiger partial charge in [0.2, 0.25) is 0 Å². The fourth-order valence-electron chi connectivity index (χ4n) is 4.21. The van der Waals surface area contributed by atoms with Crippen molar-refractivity contribution in [3.05, 3.63) is 0 Å². The van der Waals surface area contributed by atoms with Gasteiger partial charge < -0.3 is 15.0 Å². The van der Waals surface area contributed by atoms with Gasteiger partial charge in [0, 0.05) is 37.5 Å². The maximum atomic E-state index is 6.05. The molecule has 4 heteroatoms. The summed E-state index contributed by atoms with van der Waals surface area (Å²) in [6, 6.07) is 0.665. The minimum atomic E-state index is 0.544. The van der Waals surface area contributed by atoms with Crippen LogP contribution in [0.3, 0.4) is 0 Å². The van der Waals surface area contributed by atoms with Crippen LogP contribution in [0.15, 0.2) is 4.99 Å². The second-order valence-electron chi connectivity index (χ2n) is 6.78. The molecular weight excluding hydrogens is 238 g/mol. The summed E-state index contributed by atoms with van der Waals surface area (Å²) < 4.78 is 6.05. The molecular formula is C15H25N3O. The maximum Gasteiger partial charge on any atom is 0.194 e. The molecule has 0 spiro atoms. The molecule has 19 heavy (non-hydrogen) atoms. The van der Waals surface area contributed by atoms with E-state index in [-0.39, 0.29) is 0 Å². The summed E-state index contributed by atoms with van der Waals surface area (Å²) in [6.07, 6.45) is 4.96. The number of likely N-dealkylation sites (tertiary alicyclic amines) is 1. The lowest BCUT2D eigenvalue weighted by Crippen LogP contribution is -2.42. The summed E-state index contributed by atoms with van der Waals surface area (Å²) in [5, 5.41) is 3.66. The number of ether oxygens (including phenoxy) is 1. The molecule has 4 nitrogen and oxygen atoms in total. The van der Waals surface area contributed by atoms with Gasteiger partial charge in [0.15, 0.2) is 5.96 Å². The van der Waals surface area contributed by atoms with Crippen molar-refractivity contribution in [2.24, 2.45) is 22.7 Å². The fraction of sp³-hybridized carbons (Fsp3) is 0.933. The third-order valence-electron chi connectivity index (χ3n) is 5.48.